The minimum atomic E-state index is -0.305. The van der Waals surface area contributed by atoms with Crippen LogP contribution in [0.3, 0.4) is 0 Å². The van der Waals surface area contributed by atoms with Crippen molar-refractivity contribution in [2.45, 2.75) is 78.9 Å². The normalized spacial score (nSPS) is 18.8. The zero-order chi connectivity index (χ0) is 27.1. The molecule has 1 unspecified atom stereocenters. The van der Waals surface area contributed by atoms with Gasteiger partial charge >= 0.3 is 5.84 Å². The zero-order valence-electron chi connectivity index (χ0n) is 23.1. The molecule has 37 heavy (non-hydrogen) atoms. The lowest BCUT2D eigenvalue weighted by molar-refractivity contribution is 0.242. The fourth-order valence-corrected chi connectivity index (χ4v) is 6.23. The number of aryl methyl sites for hydroxylation is 3. The van der Waals surface area contributed by atoms with Crippen molar-refractivity contribution in [2.24, 2.45) is 0 Å². The number of hydrogen-bond acceptors (Lipinski definition) is 1. The summed E-state index contributed by atoms with van der Waals surface area (Å²) in [6.07, 6.45) is 2.74. The van der Waals surface area contributed by atoms with Crippen LogP contribution in [0.1, 0.15) is 68.9 Å². The third-order valence-corrected chi connectivity index (χ3v) is 7.91. The van der Waals surface area contributed by atoms with E-state index in [4.69, 9.17) is 32.6 Å². The largest absolute Gasteiger partial charge is 0.489 e. The summed E-state index contributed by atoms with van der Waals surface area (Å²) in [5, 5.41) is 0.870. The number of anilines is 1. The number of benzene rings is 3. The summed E-state index contributed by atoms with van der Waals surface area (Å²) in [6.45, 7) is 17.4. The van der Waals surface area contributed by atoms with Crippen LogP contribution in [-0.2, 0) is 5.41 Å². The molecule has 3 nitrogen and oxygen atoms in total. The Bertz CT molecular complexity index is 1360. The molecular weight excluding hydrogens is 499 g/mol. The Balaban J connectivity index is 2.03. The topological polar surface area (TPSA) is 26.6 Å². The van der Waals surface area contributed by atoms with Crippen molar-refractivity contribution in [3.63, 3.8) is 0 Å². The molecule has 1 saturated heterocycles. The lowest BCUT2D eigenvalue weighted by Gasteiger charge is -2.27. The molecule has 0 spiro atoms. The molecule has 1 heterocycles. The van der Waals surface area contributed by atoms with E-state index >= 15 is 0 Å². The number of ether oxygens (including phenoxy) is 1. The molecule has 0 bridgehead atoms. The van der Waals surface area contributed by atoms with E-state index < -0.39 is 0 Å². The summed E-state index contributed by atoms with van der Waals surface area (Å²) in [6, 6.07) is 18.9. The standard InChI is InChI=1S/C32H37Cl2N2O/c1-20(2)37-29-24(14-15-26(33)27(29)34)18-35-30-32(8,25-12-10-9-11-13-25)19-31(6,7)36(30)28-22(4)16-21(3)17-23(28)5/h9-18,20H,19H2,1-8H3/q+1. The second-order valence-electron chi connectivity index (χ2n) is 11.3. The number of rotatable bonds is 5. The highest BCUT2D eigenvalue weighted by Crippen LogP contribution is 2.48. The minimum absolute atomic E-state index is 0.0508. The molecular formula is C32H37Cl2N2O+. The van der Waals surface area contributed by atoms with Gasteiger partial charge < -0.3 is 4.74 Å². The first-order valence-corrected chi connectivity index (χ1v) is 13.6. The Morgan fingerprint density at radius 3 is 2.16 bits per heavy atom. The Morgan fingerprint density at radius 2 is 1.57 bits per heavy atom. The second-order valence-corrected chi connectivity index (χ2v) is 12.1. The highest BCUT2D eigenvalue weighted by atomic mass is 35.5. The van der Waals surface area contributed by atoms with Crippen LogP contribution in [0, 0.1) is 20.8 Å². The van der Waals surface area contributed by atoms with Gasteiger partial charge in [-0.3, -0.25) is 0 Å². The SMILES string of the molecule is Cc1cc(C)c(N2C(=[N+]=Cc3ccc(Cl)c(Cl)c3OC(C)C)C(C)(c3ccccc3)CC2(C)C)c(C)c1. The third kappa shape index (κ3) is 5.18. The lowest BCUT2D eigenvalue weighted by atomic mass is 9.77. The monoisotopic (exact) mass is 535 g/mol. The molecule has 194 valence electrons. The quantitative estimate of drug-likeness (QED) is 0.243. The predicted octanol–water partition coefficient (Wildman–Crippen LogP) is 8.24. The van der Waals surface area contributed by atoms with E-state index in [-0.39, 0.29) is 17.1 Å². The molecule has 1 aliphatic rings. The number of hydrogen-bond donors (Lipinski definition) is 0. The molecule has 5 heteroatoms. The van der Waals surface area contributed by atoms with Crippen LogP contribution in [0.25, 0.3) is 0 Å². The first kappa shape index (κ1) is 27.3. The zero-order valence-corrected chi connectivity index (χ0v) is 24.6. The molecule has 0 amide bonds. The van der Waals surface area contributed by atoms with Crippen LogP contribution in [0.4, 0.5) is 5.69 Å². The molecule has 1 aliphatic heterocycles. The van der Waals surface area contributed by atoms with Gasteiger partial charge in [-0.2, -0.15) is 0 Å². The average Bonchev–Trinajstić information content (AvgIpc) is 3.02. The molecule has 0 N–H and O–H groups in total. The lowest BCUT2D eigenvalue weighted by Crippen LogP contribution is -2.44. The predicted molar refractivity (Wildman–Crippen MR) is 160 cm³/mol. The molecule has 0 aliphatic carbocycles. The summed E-state index contributed by atoms with van der Waals surface area (Å²) in [7, 11) is 0. The van der Waals surface area contributed by atoms with Gasteiger partial charge in [0.15, 0.2) is 5.75 Å². The fraction of sp³-hybridized carbons (Fsp3) is 0.375. The molecule has 3 aromatic carbocycles. The maximum Gasteiger partial charge on any atom is 0.360 e. The van der Waals surface area contributed by atoms with E-state index in [0.29, 0.717) is 15.8 Å². The molecule has 3 aromatic rings. The van der Waals surface area contributed by atoms with Crippen molar-refractivity contribution in [3.8, 4) is 5.75 Å². The van der Waals surface area contributed by atoms with Crippen LogP contribution < -0.4 is 14.3 Å². The summed E-state index contributed by atoms with van der Waals surface area (Å²) in [4.78, 5) is 2.45. The molecule has 1 atom stereocenters. The van der Waals surface area contributed by atoms with Gasteiger partial charge in [0.05, 0.1) is 16.7 Å². The minimum Gasteiger partial charge on any atom is -0.489 e. The van der Waals surface area contributed by atoms with Crippen LogP contribution in [-0.4, -0.2) is 23.7 Å². The molecule has 0 saturated carbocycles. The van der Waals surface area contributed by atoms with Crippen molar-refractivity contribution >= 4 is 40.9 Å². The maximum atomic E-state index is 6.58. The molecule has 0 radical (unpaired) electrons. The van der Waals surface area contributed by atoms with Crippen molar-refractivity contribution in [3.05, 3.63) is 92.5 Å². The highest BCUT2D eigenvalue weighted by molar-refractivity contribution is 6.43. The summed E-state index contributed by atoms with van der Waals surface area (Å²) >= 11 is 12.9. The Hall–Kier alpha value is -2.71. The molecule has 1 fully saturated rings. The Kier molecular flexibility index (Phi) is 7.55. The first-order chi connectivity index (χ1) is 17.3. The maximum absolute atomic E-state index is 6.58. The van der Waals surface area contributed by atoms with E-state index in [0.717, 1.165) is 17.8 Å². The Morgan fingerprint density at radius 1 is 0.946 bits per heavy atom. The Labute approximate surface area is 231 Å². The van der Waals surface area contributed by atoms with Crippen LogP contribution in [0.2, 0.25) is 10.0 Å². The van der Waals surface area contributed by atoms with Crippen LogP contribution in [0.5, 0.6) is 5.75 Å². The van der Waals surface area contributed by atoms with E-state index in [9.17, 15) is 0 Å². The molecule has 4 rings (SSSR count). The number of amidine groups is 1. The summed E-state index contributed by atoms with van der Waals surface area (Å²) in [5.41, 5.74) is 6.54. The van der Waals surface area contributed by atoms with Gasteiger partial charge in [-0.05, 0) is 84.2 Å². The average molecular weight is 537 g/mol. The first-order valence-electron chi connectivity index (χ1n) is 12.8. The molecule has 0 aromatic heterocycles. The van der Waals surface area contributed by atoms with Crippen LogP contribution in [0.15, 0.2) is 54.6 Å². The van der Waals surface area contributed by atoms with Crippen LogP contribution >= 0.6 is 23.2 Å². The smallest absolute Gasteiger partial charge is 0.360 e. The van der Waals surface area contributed by atoms with Crippen molar-refractivity contribution in [2.75, 3.05) is 4.90 Å². The summed E-state index contributed by atoms with van der Waals surface area (Å²) in [5.74, 6) is 1.56. The van der Waals surface area contributed by atoms with E-state index in [1.165, 1.54) is 27.9 Å². The number of halogens is 2. The van der Waals surface area contributed by atoms with Gasteiger partial charge in [0, 0.05) is 6.42 Å². The van der Waals surface area contributed by atoms with Crippen molar-refractivity contribution in [1.29, 1.82) is 0 Å². The second kappa shape index (κ2) is 10.2. The highest BCUT2D eigenvalue weighted by Gasteiger charge is 2.60. The van der Waals surface area contributed by atoms with Gasteiger partial charge in [-0.1, -0.05) is 71.2 Å². The van der Waals surface area contributed by atoms with Crippen molar-refractivity contribution in [1.82, 2.24) is 4.67 Å². The fourth-order valence-electron chi connectivity index (χ4n) is 5.86. The van der Waals surface area contributed by atoms with Gasteiger partial charge in [-0.25, -0.2) is 9.57 Å². The van der Waals surface area contributed by atoms with Gasteiger partial charge in [0.2, 0.25) is 6.21 Å². The van der Waals surface area contributed by atoms with Gasteiger partial charge in [-0.15, -0.1) is 0 Å². The van der Waals surface area contributed by atoms with E-state index in [2.05, 4.69) is 88.9 Å². The third-order valence-electron chi connectivity index (χ3n) is 7.13. The summed E-state index contributed by atoms with van der Waals surface area (Å²) < 4.78 is 11.3. The van der Waals surface area contributed by atoms with Crippen molar-refractivity contribution < 1.29 is 4.74 Å². The van der Waals surface area contributed by atoms with Gasteiger partial charge in [0.1, 0.15) is 21.7 Å². The van der Waals surface area contributed by atoms with E-state index in [1.54, 1.807) is 6.07 Å². The van der Waals surface area contributed by atoms with Gasteiger partial charge in [0.25, 0.3) is 0 Å². The number of nitrogens with zero attached hydrogens (tertiary/aromatic N) is 2. The van der Waals surface area contributed by atoms with E-state index in [1.807, 2.05) is 26.1 Å².